The number of methoxy groups -OCH3 is 1. The fourth-order valence-corrected chi connectivity index (χ4v) is 3.46. The molecule has 27 heavy (non-hydrogen) atoms. The third kappa shape index (κ3) is 3.98. The van der Waals surface area contributed by atoms with Crippen LogP contribution in [0.5, 0.6) is 5.75 Å². The maximum absolute atomic E-state index is 6.25. The van der Waals surface area contributed by atoms with E-state index in [0.29, 0.717) is 10.8 Å². The molecule has 1 N–H and O–H groups in total. The van der Waals surface area contributed by atoms with Gasteiger partial charge in [-0.3, -0.25) is 0 Å². The molecule has 1 aromatic heterocycles. The Balaban J connectivity index is 1.70. The minimum atomic E-state index is 0.555. The molecule has 2 aromatic carbocycles. The zero-order valence-corrected chi connectivity index (χ0v) is 15.9. The highest BCUT2D eigenvalue weighted by Gasteiger charge is 2.17. The topological polar surface area (TPSA) is 50.3 Å². The molecule has 0 aliphatic carbocycles. The van der Waals surface area contributed by atoms with Crippen molar-refractivity contribution in [1.29, 1.82) is 0 Å². The first-order valence-electron chi connectivity index (χ1n) is 9.03. The molecule has 0 atom stereocenters. The average molecular weight is 381 g/mol. The summed E-state index contributed by atoms with van der Waals surface area (Å²) in [4.78, 5) is 11.8. The van der Waals surface area contributed by atoms with Crippen LogP contribution in [0.3, 0.4) is 0 Å². The summed E-state index contributed by atoms with van der Waals surface area (Å²) in [6.07, 6.45) is 2.35. The SMILES string of the molecule is COc1ccc(Nc2cc(-c3ccccc3)nc(N3CCCC3)n2)cc1Cl. The highest BCUT2D eigenvalue weighted by Crippen LogP contribution is 2.30. The van der Waals surface area contributed by atoms with E-state index in [9.17, 15) is 0 Å². The molecule has 0 unspecified atom stereocenters. The Morgan fingerprint density at radius 1 is 1.00 bits per heavy atom. The Hall–Kier alpha value is -2.79. The number of hydrogen-bond donors (Lipinski definition) is 1. The molecule has 1 fully saturated rings. The lowest BCUT2D eigenvalue weighted by Gasteiger charge is -2.18. The van der Waals surface area contributed by atoms with Crippen molar-refractivity contribution in [3.8, 4) is 17.0 Å². The van der Waals surface area contributed by atoms with Crippen LogP contribution in [0.15, 0.2) is 54.6 Å². The number of halogens is 1. The first-order chi connectivity index (χ1) is 13.2. The van der Waals surface area contributed by atoms with Crippen LogP contribution in [0.2, 0.25) is 5.02 Å². The number of anilines is 3. The first-order valence-corrected chi connectivity index (χ1v) is 9.41. The van der Waals surface area contributed by atoms with Gasteiger partial charge >= 0.3 is 0 Å². The molecule has 1 aliphatic rings. The monoisotopic (exact) mass is 380 g/mol. The minimum absolute atomic E-state index is 0.555. The van der Waals surface area contributed by atoms with Crippen LogP contribution in [0.25, 0.3) is 11.3 Å². The number of nitrogens with one attached hydrogen (secondary N) is 1. The summed E-state index contributed by atoms with van der Waals surface area (Å²) in [5, 5.41) is 3.91. The molecule has 1 aliphatic heterocycles. The molecule has 0 bridgehead atoms. The van der Waals surface area contributed by atoms with Gasteiger partial charge in [-0.2, -0.15) is 4.98 Å². The average Bonchev–Trinajstić information content (AvgIpc) is 3.24. The highest BCUT2D eigenvalue weighted by atomic mass is 35.5. The van der Waals surface area contributed by atoms with Crippen molar-refractivity contribution < 1.29 is 4.74 Å². The van der Waals surface area contributed by atoms with Crippen LogP contribution in [0.4, 0.5) is 17.5 Å². The minimum Gasteiger partial charge on any atom is -0.495 e. The molecular weight excluding hydrogens is 360 g/mol. The van der Waals surface area contributed by atoms with Gasteiger partial charge in [0.15, 0.2) is 0 Å². The predicted molar refractivity (Wildman–Crippen MR) is 110 cm³/mol. The van der Waals surface area contributed by atoms with Gasteiger partial charge in [-0.15, -0.1) is 0 Å². The fourth-order valence-electron chi connectivity index (χ4n) is 3.21. The van der Waals surface area contributed by atoms with Gasteiger partial charge in [-0.1, -0.05) is 41.9 Å². The smallest absolute Gasteiger partial charge is 0.227 e. The van der Waals surface area contributed by atoms with E-state index in [1.165, 1.54) is 12.8 Å². The summed E-state index contributed by atoms with van der Waals surface area (Å²) in [6.45, 7) is 1.98. The number of aromatic nitrogens is 2. The maximum atomic E-state index is 6.25. The van der Waals surface area contributed by atoms with Gasteiger partial charge in [0.25, 0.3) is 0 Å². The second kappa shape index (κ2) is 7.84. The van der Waals surface area contributed by atoms with Gasteiger partial charge in [0.1, 0.15) is 11.6 Å². The van der Waals surface area contributed by atoms with Crippen LogP contribution in [0, 0.1) is 0 Å². The molecule has 0 spiro atoms. The van der Waals surface area contributed by atoms with Crippen LogP contribution in [-0.2, 0) is 0 Å². The molecule has 138 valence electrons. The molecule has 0 amide bonds. The number of benzene rings is 2. The molecule has 5 nitrogen and oxygen atoms in total. The fraction of sp³-hybridized carbons (Fsp3) is 0.238. The molecule has 6 heteroatoms. The highest BCUT2D eigenvalue weighted by molar-refractivity contribution is 6.32. The summed E-state index contributed by atoms with van der Waals surface area (Å²) < 4.78 is 5.22. The summed E-state index contributed by atoms with van der Waals surface area (Å²) >= 11 is 6.25. The Bertz CT molecular complexity index is 927. The first kappa shape index (κ1) is 17.6. The van der Waals surface area contributed by atoms with Gasteiger partial charge in [0.2, 0.25) is 5.95 Å². The molecule has 0 saturated carbocycles. The number of rotatable bonds is 5. The van der Waals surface area contributed by atoms with E-state index in [-0.39, 0.29) is 0 Å². The third-order valence-corrected chi connectivity index (χ3v) is 4.89. The van der Waals surface area contributed by atoms with E-state index in [0.717, 1.165) is 41.8 Å². The summed E-state index contributed by atoms with van der Waals surface area (Å²) in [5.74, 6) is 2.15. The Morgan fingerprint density at radius 2 is 1.78 bits per heavy atom. The maximum Gasteiger partial charge on any atom is 0.227 e. The lowest BCUT2D eigenvalue weighted by molar-refractivity contribution is 0.415. The Labute approximate surface area is 164 Å². The second-order valence-corrected chi connectivity index (χ2v) is 6.88. The Morgan fingerprint density at radius 3 is 2.48 bits per heavy atom. The summed E-state index contributed by atoms with van der Waals surface area (Å²) in [7, 11) is 1.60. The van der Waals surface area contributed by atoms with Crippen molar-refractivity contribution in [2.45, 2.75) is 12.8 Å². The third-order valence-electron chi connectivity index (χ3n) is 4.60. The van der Waals surface area contributed by atoms with Gasteiger partial charge in [-0.05, 0) is 31.0 Å². The number of nitrogens with zero attached hydrogens (tertiary/aromatic N) is 3. The predicted octanol–water partition coefficient (Wildman–Crippen LogP) is 5.15. The molecular formula is C21H21ClN4O. The van der Waals surface area contributed by atoms with E-state index in [2.05, 4.69) is 22.3 Å². The quantitative estimate of drug-likeness (QED) is 0.663. The lowest BCUT2D eigenvalue weighted by atomic mass is 10.1. The van der Waals surface area contributed by atoms with Crippen LogP contribution < -0.4 is 15.0 Å². The van der Waals surface area contributed by atoms with Crippen LogP contribution in [-0.4, -0.2) is 30.2 Å². The van der Waals surface area contributed by atoms with E-state index in [1.807, 2.05) is 42.5 Å². The standard InChI is InChI=1S/C21H21ClN4O/c1-27-19-10-9-16(13-17(19)22)23-20-14-18(15-7-3-2-4-8-15)24-21(25-20)26-11-5-6-12-26/h2-4,7-10,13-14H,5-6,11-12H2,1H3,(H,23,24,25). The zero-order valence-electron chi connectivity index (χ0n) is 15.2. The van der Waals surface area contributed by atoms with Gasteiger partial charge < -0.3 is 15.0 Å². The Kier molecular flexibility index (Phi) is 5.12. The molecule has 2 heterocycles. The molecule has 4 rings (SSSR count). The van der Waals surface area contributed by atoms with E-state index in [4.69, 9.17) is 26.3 Å². The van der Waals surface area contributed by atoms with Crippen LogP contribution in [0.1, 0.15) is 12.8 Å². The van der Waals surface area contributed by atoms with Gasteiger partial charge in [0, 0.05) is 30.4 Å². The number of ether oxygens (including phenoxy) is 1. The zero-order chi connectivity index (χ0) is 18.6. The van der Waals surface area contributed by atoms with E-state index in [1.54, 1.807) is 7.11 Å². The van der Waals surface area contributed by atoms with E-state index < -0.39 is 0 Å². The molecule has 1 saturated heterocycles. The van der Waals surface area contributed by atoms with Crippen molar-refractivity contribution in [2.24, 2.45) is 0 Å². The summed E-state index contributed by atoms with van der Waals surface area (Å²) in [5.41, 5.74) is 2.82. The second-order valence-electron chi connectivity index (χ2n) is 6.47. The van der Waals surface area contributed by atoms with Crippen molar-refractivity contribution in [2.75, 3.05) is 30.4 Å². The van der Waals surface area contributed by atoms with E-state index >= 15 is 0 Å². The normalized spacial score (nSPS) is 13.6. The van der Waals surface area contributed by atoms with Crippen molar-refractivity contribution in [1.82, 2.24) is 9.97 Å². The molecule has 0 radical (unpaired) electrons. The summed E-state index contributed by atoms with van der Waals surface area (Å²) in [6, 6.07) is 17.7. The van der Waals surface area contributed by atoms with Gasteiger partial charge in [-0.25, -0.2) is 4.98 Å². The number of hydrogen-bond acceptors (Lipinski definition) is 5. The van der Waals surface area contributed by atoms with Crippen molar-refractivity contribution >= 4 is 29.1 Å². The van der Waals surface area contributed by atoms with Crippen molar-refractivity contribution in [3.63, 3.8) is 0 Å². The molecule has 3 aromatic rings. The lowest BCUT2D eigenvalue weighted by Crippen LogP contribution is -2.21. The van der Waals surface area contributed by atoms with Crippen LogP contribution >= 0.6 is 11.6 Å². The largest absolute Gasteiger partial charge is 0.495 e. The van der Waals surface area contributed by atoms with Crippen molar-refractivity contribution in [3.05, 3.63) is 59.6 Å². The van der Waals surface area contributed by atoms with Gasteiger partial charge in [0.05, 0.1) is 17.8 Å².